The van der Waals surface area contributed by atoms with Crippen LogP contribution in [0.4, 0.5) is 5.95 Å². The zero-order chi connectivity index (χ0) is 9.97. The Morgan fingerprint density at radius 3 is 3.07 bits per heavy atom. The Kier molecular flexibility index (Phi) is 2.22. The number of hydrogen-bond acceptors (Lipinski definition) is 4. The van der Waals surface area contributed by atoms with Gasteiger partial charge in [-0.25, -0.2) is 9.67 Å². The molecule has 2 heterocycles. The van der Waals surface area contributed by atoms with Gasteiger partial charge < -0.3 is 10.2 Å². The first-order valence-electron chi connectivity index (χ1n) is 4.44. The van der Waals surface area contributed by atoms with Gasteiger partial charge in [-0.15, -0.1) is 5.10 Å². The van der Waals surface area contributed by atoms with Crippen LogP contribution < -0.4 is 5.73 Å². The summed E-state index contributed by atoms with van der Waals surface area (Å²) in [5.41, 5.74) is 5.42. The molecule has 2 aromatic rings. The molecule has 0 fully saturated rings. The number of aromatic nitrogens is 3. The number of nitrogens with zero attached hydrogens (tertiary/aromatic N) is 3. The van der Waals surface area contributed by atoms with Crippen molar-refractivity contribution in [3.8, 4) is 0 Å². The highest BCUT2D eigenvalue weighted by atomic mass is 16.3. The molecule has 0 aliphatic heterocycles. The van der Waals surface area contributed by atoms with Gasteiger partial charge in [-0.2, -0.15) is 0 Å². The number of anilines is 1. The number of rotatable bonds is 3. The average molecular weight is 192 g/mol. The Morgan fingerprint density at radius 2 is 2.50 bits per heavy atom. The summed E-state index contributed by atoms with van der Waals surface area (Å²) in [5.74, 6) is 1.24. The third-order valence-corrected chi connectivity index (χ3v) is 2.05. The van der Waals surface area contributed by atoms with Crippen LogP contribution in [0.15, 0.2) is 29.1 Å². The van der Waals surface area contributed by atoms with Crippen molar-refractivity contribution < 1.29 is 4.42 Å². The van der Waals surface area contributed by atoms with E-state index in [2.05, 4.69) is 10.1 Å². The number of hydrogen-bond donors (Lipinski definition) is 1. The van der Waals surface area contributed by atoms with Crippen LogP contribution in [0.25, 0.3) is 0 Å². The minimum Gasteiger partial charge on any atom is -0.469 e. The highest BCUT2D eigenvalue weighted by Gasteiger charge is 2.08. The SMILES string of the molecule is CC(Cc1ccco1)n1cnc(N)n1. The van der Waals surface area contributed by atoms with Gasteiger partial charge in [0.15, 0.2) is 0 Å². The normalized spacial score (nSPS) is 12.9. The van der Waals surface area contributed by atoms with Crippen LogP contribution in [0, 0.1) is 0 Å². The van der Waals surface area contributed by atoms with Gasteiger partial charge in [0.2, 0.25) is 5.95 Å². The van der Waals surface area contributed by atoms with E-state index in [1.54, 1.807) is 17.3 Å². The van der Waals surface area contributed by atoms with Crippen LogP contribution in [0.2, 0.25) is 0 Å². The lowest BCUT2D eigenvalue weighted by Gasteiger charge is -2.08. The Balaban J connectivity index is 2.06. The van der Waals surface area contributed by atoms with Crippen molar-refractivity contribution in [1.82, 2.24) is 14.8 Å². The third kappa shape index (κ3) is 1.76. The largest absolute Gasteiger partial charge is 0.469 e. The molecule has 0 bridgehead atoms. The molecule has 0 aliphatic carbocycles. The molecule has 0 radical (unpaired) electrons. The van der Waals surface area contributed by atoms with Gasteiger partial charge in [-0.05, 0) is 19.1 Å². The molecule has 14 heavy (non-hydrogen) atoms. The third-order valence-electron chi connectivity index (χ3n) is 2.05. The van der Waals surface area contributed by atoms with E-state index in [4.69, 9.17) is 10.2 Å². The molecule has 74 valence electrons. The molecule has 0 saturated carbocycles. The van der Waals surface area contributed by atoms with Crippen LogP contribution in [-0.4, -0.2) is 14.8 Å². The van der Waals surface area contributed by atoms with Crippen LogP contribution in [0.3, 0.4) is 0 Å². The molecular weight excluding hydrogens is 180 g/mol. The maximum absolute atomic E-state index is 5.42. The van der Waals surface area contributed by atoms with Gasteiger partial charge >= 0.3 is 0 Å². The van der Waals surface area contributed by atoms with Crippen LogP contribution in [0.5, 0.6) is 0 Å². The molecule has 2 aromatic heterocycles. The van der Waals surface area contributed by atoms with Gasteiger partial charge in [0, 0.05) is 6.42 Å². The summed E-state index contributed by atoms with van der Waals surface area (Å²) in [5, 5.41) is 4.03. The molecule has 5 heteroatoms. The van der Waals surface area contributed by atoms with Crippen molar-refractivity contribution in [2.24, 2.45) is 0 Å². The van der Waals surface area contributed by atoms with Crippen LogP contribution in [0.1, 0.15) is 18.7 Å². The second-order valence-corrected chi connectivity index (χ2v) is 3.22. The lowest BCUT2D eigenvalue weighted by molar-refractivity contribution is 0.425. The molecule has 1 atom stereocenters. The second kappa shape index (κ2) is 3.53. The predicted octanol–water partition coefficient (Wildman–Crippen LogP) is 1.26. The lowest BCUT2D eigenvalue weighted by atomic mass is 10.2. The van der Waals surface area contributed by atoms with Crippen molar-refractivity contribution >= 4 is 5.95 Å². The quantitative estimate of drug-likeness (QED) is 0.794. The summed E-state index contributed by atoms with van der Waals surface area (Å²) in [6.45, 7) is 2.04. The second-order valence-electron chi connectivity index (χ2n) is 3.22. The molecule has 0 aromatic carbocycles. The lowest BCUT2D eigenvalue weighted by Crippen LogP contribution is -2.08. The smallest absolute Gasteiger partial charge is 0.239 e. The first kappa shape index (κ1) is 8.80. The Morgan fingerprint density at radius 1 is 1.64 bits per heavy atom. The maximum Gasteiger partial charge on any atom is 0.239 e. The Hall–Kier alpha value is -1.78. The van der Waals surface area contributed by atoms with E-state index in [0.29, 0.717) is 5.95 Å². The molecule has 5 nitrogen and oxygen atoms in total. The topological polar surface area (TPSA) is 69.9 Å². The van der Waals surface area contributed by atoms with E-state index in [-0.39, 0.29) is 6.04 Å². The highest BCUT2D eigenvalue weighted by Crippen LogP contribution is 2.13. The summed E-state index contributed by atoms with van der Waals surface area (Å²) in [4.78, 5) is 3.87. The minimum atomic E-state index is 0.200. The standard InChI is InChI=1S/C9H12N4O/c1-7(5-8-3-2-4-14-8)13-6-11-9(10)12-13/h2-4,6-7H,5H2,1H3,(H2,10,12). The van der Waals surface area contributed by atoms with Gasteiger partial charge in [-0.1, -0.05) is 0 Å². The summed E-state index contributed by atoms with van der Waals surface area (Å²) in [6.07, 6.45) is 4.08. The van der Waals surface area contributed by atoms with Crippen LogP contribution >= 0.6 is 0 Å². The summed E-state index contributed by atoms with van der Waals surface area (Å²) in [7, 11) is 0. The number of furan rings is 1. The maximum atomic E-state index is 5.42. The zero-order valence-corrected chi connectivity index (χ0v) is 7.92. The summed E-state index contributed by atoms with van der Waals surface area (Å²) in [6, 6.07) is 4.01. The fourth-order valence-electron chi connectivity index (χ4n) is 1.31. The summed E-state index contributed by atoms with van der Waals surface area (Å²) < 4.78 is 6.97. The van der Waals surface area contributed by atoms with E-state index in [0.717, 1.165) is 12.2 Å². The van der Waals surface area contributed by atoms with Crippen molar-refractivity contribution in [2.45, 2.75) is 19.4 Å². The minimum absolute atomic E-state index is 0.200. The first-order valence-corrected chi connectivity index (χ1v) is 4.44. The average Bonchev–Trinajstić information content (AvgIpc) is 2.75. The molecular formula is C9H12N4O. The molecule has 0 aliphatic rings. The van der Waals surface area contributed by atoms with Crippen molar-refractivity contribution in [3.63, 3.8) is 0 Å². The molecule has 0 spiro atoms. The van der Waals surface area contributed by atoms with Gasteiger partial charge in [0.25, 0.3) is 0 Å². The van der Waals surface area contributed by atoms with E-state index in [1.165, 1.54) is 0 Å². The van der Waals surface area contributed by atoms with E-state index in [9.17, 15) is 0 Å². The van der Waals surface area contributed by atoms with Gasteiger partial charge in [0.05, 0.1) is 12.3 Å². The fraction of sp³-hybridized carbons (Fsp3) is 0.333. The van der Waals surface area contributed by atoms with E-state index in [1.807, 2.05) is 19.1 Å². The zero-order valence-electron chi connectivity index (χ0n) is 7.92. The highest BCUT2D eigenvalue weighted by molar-refractivity contribution is 5.10. The summed E-state index contributed by atoms with van der Waals surface area (Å²) >= 11 is 0. The van der Waals surface area contributed by atoms with Crippen molar-refractivity contribution in [3.05, 3.63) is 30.5 Å². The molecule has 1 unspecified atom stereocenters. The number of nitrogen functional groups attached to an aromatic ring is 1. The predicted molar refractivity (Wildman–Crippen MR) is 51.6 cm³/mol. The van der Waals surface area contributed by atoms with Gasteiger partial charge in [-0.3, -0.25) is 0 Å². The molecule has 0 amide bonds. The molecule has 2 rings (SSSR count). The first-order chi connectivity index (χ1) is 6.75. The van der Waals surface area contributed by atoms with Gasteiger partial charge in [0.1, 0.15) is 12.1 Å². The van der Waals surface area contributed by atoms with Crippen molar-refractivity contribution in [1.29, 1.82) is 0 Å². The Labute approximate surface area is 81.5 Å². The van der Waals surface area contributed by atoms with Crippen molar-refractivity contribution in [2.75, 3.05) is 5.73 Å². The monoisotopic (exact) mass is 192 g/mol. The van der Waals surface area contributed by atoms with Crippen LogP contribution in [-0.2, 0) is 6.42 Å². The van der Waals surface area contributed by atoms with E-state index < -0.39 is 0 Å². The Bertz CT molecular complexity index is 393. The van der Waals surface area contributed by atoms with E-state index >= 15 is 0 Å². The fourth-order valence-corrected chi connectivity index (χ4v) is 1.31. The molecule has 2 N–H and O–H groups in total. The molecule has 0 saturated heterocycles. The number of nitrogens with two attached hydrogens (primary N) is 1.